The number of nitrogens with zero attached hydrogens (tertiary/aromatic N) is 2. The fourth-order valence-electron chi connectivity index (χ4n) is 1.74. The van der Waals surface area contributed by atoms with E-state index in [-0.39, 0.29) is 0 Å². The molecule has 0 fully saturated rings. The lowest BCUT2D eigenvalue weighted by molar-refractivity contribution is -0.138. The Labute approximate surface area is 133 Å². The van der Waals surface area contributed by atoms with Crippen LogP contribution < -0.4 is 11.0 Å². The van der Waals surface area contributed by atoms with Gasteiger partial charge < -0.3 is 4.57 Å². The van der Waals surface area contributed by atoms with E-state index in [0.717, 1.165) is 6.07 Å². The van der Waals surface area contributed by atoms with E-state index in [1.807, 2.05) is 0 Å². The predicted molar refractivity (Wildman–Crippen MR) is 77.8 cm³/mol. The molecule has 126 valence electrons. The summed E-state index contributed by atoms with van der Waals surface area (Å²) in [5, 5.41) is 3.58. The summed E-state index contributed by atoms with van der Waals surface area (Å²) < 4.78 is 51.1. The van der Waals surface area contributed by atoms with Gasteiger partial charge in [0.25, 0.3) is 11.5 Å². The monoisotopic (exact) mass is 341 g/mol. The van der Waals surface area contributed by atoms with Gasteiger partial charge in [-0.1, -0.05) is 12.1 Å². The van der Waals surface area contributed by atoms with Gasteiger partial charge in [-0.25, -0.2) is 9.82 Å². The Morgan fingerprint density at radius 3 is 2.46 bits per heavy atom. The van der Waals surface area contributed by atoms with E-state index in [2.05, 4.69) is 10.5 Å². The van der Waals surface area contributed by atoms with E-state index in [4.69, 9.17) is 0 Å². The molecule has 0 aliphatic heterocycles. The Morgan fingerprint density at radius 2 is 1.83 bits per heavy atom. The van der Waals surface area contributed by atoms with E-state index in [1.165, 1.54) is 30.5 Å². The van der Waals surface area contributed by atoms with Crippen molar-refractivity contribution in [2.24, 2.45) is 5.10 Å². The SMILES string of the molecule is O=C(Cn1cc(C(F)(F)F)ccc1=O)N/N=C/c1ccc(F)cc1. The Balaban J connectivity index is 2.02. The molecule has 5 nitrogen and oxygen atoms in total. The van der Waals surface area contributed by atoms with E-state index in [0.29, 0.717) is 22.4 Å². The second-order valence-corrected chi connectivity index (χ2v) is 4.73. The minimum absolute atomic E-state index is 0.430. The number of aromatic nitrogens is 1. The summed E-state index contributed by atoms with van der Waals surface area (Å²) in [4.78, 5) is 23.1. The van der Waals surface area contributed by atoms with Crippen LogP contribution in [0.25, 0.3) is 0 Å². The second-order valence-electron chi connectivity index (χ2n) is 4.73. The molecule has 2 rings (SSSR count). The third kappa shape index (κ3) is 4.77. The summed E-state index contributed by atoms with van der Waals surface area (Å²) >= 11 is 0. The molecule has 24 heavy (non-hydrogen) atoms. The lowest BCUT2D eigenvalue weighted by Gasteiger charge is -2.09. The Hall–Kier alpha value is -2.97. The summed E-state index contributed by atoms with van der Waals surface area (Å²) in [6.07, 6.45) is -2.83. The molecule has 9 heteroatoms. The van der Waals surface area contributed by atoms with Crippen molar-refractivity contribution in [3.63, 3.8) is 0 Å². The predicted octanol–water partition coefficient (Wildman–Crippen LogP) is 2.16. The summed E-state index contributed by atoms with van der Waals surface area (Å²) in [5.74, 6) is -1.21. The van der Waals surface area contributed by atoms with Crippen LogP contribution >= 0.6 is 0 Å². The van der Waals surface area contributed by atoms with Gasteiger partial charge in [-0.3, -0.25) is 9.59 Å². The molecule has 0 radical (unpaired) electrons. The number of hydrogen-bond acceptors (Lipinski definition) is 3. The number of alkyl halides is 3. The molecule has 1 heterocycles. The highest BCUT2D eigenvalue weighted by atomic mass is 19.4. The number of nitrogens with one attached hydrogen (secondary N) is 1. The number of hydrazone groups is 1. The van der Waals surface area contributed by atoms with Gasteiger partial charge in [-0.15, -0.1) is 0 Å². The number of benzene rings is 1. The standard InChI is InChI=1S/C15H11F4N3O2/c16-12-4-1-10(2-5-12)7-20-21-13(23)9-22-8-11(15(17,18)19)3-6-14(22)24/h1-8H,9H2,(H,21,23)/b20-7+. The third-order valence-corrected chi connectivity index (χ3v) is 2.90. The van der Waals surface area contributed by atoms with Crippen molar-refractivity contribution in [1.29, 1.82) is 0 Å². The second kappa shape index (κ2) is 7.07. The van der Waals surface area contributed by atoms with Gasteiger partial charge in [0.15, 0.2) is 0 Å². The van der Waals surface area contributed by atoms with E-state index in [1.54, 1.807) is 0 Å². The van der Waals surface area contributed by atoms with Gasteiger partial charge in [0.05, 0.1) is 11.8 Å². The van der Waals surface area contributed by atoms with Crippen LogP contribution in [-0.2, 0) is 17.5 Å². The van der Waals surface area contributed by atoms with Crippen LogP contribution in [0, 0.1) is 5.82 Å². The van der Waals surface area contributed by atoms with Crippen molar-refractivity contribution in [3.05, 3.63) is 69.9 Å². The van der Waals surface area contributed by atoms with Gasteiger partial charge in [0.2, 0.25) is 0 Å². The molecule has 2 aromatic rings. The molecule has 0 spiro atoms. The van der Waals surface area contributed by atoms with Crippen molar-refractivity contribution < 1.29 is 22.4 Å². The van der Waals surface area contributed by atoms with E-state index in [9.17, 15) is 27.2 Å². The number of carbonyl (C=O) groups is 1. The van der Waals surface area contributed by atoms with Gasteiger partial charge in [0, 0.05) is 12.3 Å². The average Bonchev–Trinajstić information content (AvgIpc) is 2.50. The zero-order valence-electron chi connectivity index (χ0n) is 12.0. The Bertz CT molecular complexity index is 811. The van der Waals surface area contributed by atoms with Crippen molar-refractivity contribution in [1.82, 2.24) is 9.99 Å². The molecule has 0 bridgehead atoms. The van der Waals surface area contributed by atoms with Crippen LogP contribution in [0.3, 0.4) is 0 Å². The first-order chi connectivity index (χ1) is 11.3. The molecule has 0 atom stereocenters. The summed E-state index contributed by atoms with van der Waals surface area (Å²) in [6.45, 7) is -0.622. The van der Waals surface area contributed by atoms with Crippen molar-refractivity contribution in [2.75, 3.05) is 0 Å². The zero-order chi connectivity index (χ0) is 17.7. The Kier molecular flexibility index (Phi) is 5.12. The fraction of sp³-hybridized carbons (Fsp3) is 0.133. The molecule has 0 unspecified atom stereocenters. The van der Waals surface area contributed by atoms with Crippen LogP contribution in [0.2, 0.25) is 0 Å². The topological polar surface area (TPSA) is 63.5 Å². The highest BCUT2D eigenvalue weighted by Gasteiger charge is 2.31. The fourth-order valence-corrected chi connectivity index (χ4v) is 1.74. The number of hydrogen-bond donors (Lipinski definition) is 1. The zero-order valence-corrected chi connectivity index (χ0v) is 12.0. The Morgan fingerprint density at radius 1 is 1.17 bits per heavy atom. The number of pyridine rings is 1. The summed E-state index contributed by atoms with van der Waals surface area (Å²) in [7, 11) is 0. The van der Waals surface area contributed by atoms with Crippen LogP contribution in [0.4, 0.5) is 17.6 Å². The third-order valence-electron chi connectivity index (χ3n) is 2.90. The lowest BCUT2D eigenvalue weighted by Crippen LogP contribution is -2.30. The van der Waals surface area contributed by atoms with E-state index < -0.39 is 35.6 Å². The molecule has 1 aromatic carbocycles. The quantitative estimate of drug-likeness (QED) is 0.526. The van der Waals surface area contributed by atoms with Gasteiger partial charge in [-0.05, 0) is 23.8 Å². The lowest BCUT2D eigenvalue weighted by atomic mass is 10.2. The number of amides is 1. The van der Waals surface area contributed by atoms with Gasteiger partial charge in [0.1, 0.15) is 12.4 Å². The van der Waals surface area contributed by atoms with Crippen molar-refractivity contribution in [3.8, 4) is 0 Å². The van der Waals surface area contributed by atoms with Gasteiger partial charge >= 0.3 is 6.18 Å². The first-order valence-electron chi connectivity index (χ1n) is 6.61. The molecular formula is C15H11F4N3O2. The average molecular weight is 341 g/mol. The van der Waals surface area contributed by atoms with E-state index >= 15 is 0 Å². The normalized spacial score (nSPS) is 11.7. The number of carbonyl (C=O) groups excluding carboxylic acids is 1. The van der Waals surface area contributed by atoms with Crippen molar-refractivity contribution in [2.45, 2.75) is 12.7 Å². The van der Waals surface area contributed by atoms with Crippen LogP contribution in [0.1, 0.15) is 11.1 Å². The largest absolute Gasteiger partial charge is 0.417 e. The van der Waals surface area contributed by atoms with Crippen LogP contribution in [0.15, 0.2) is 52.5 Å². The van der Waals surface area contributed by atoms with Crippen LogP contribution in [0.5, 0.6) is 0 Å². The molecule has 1 N–H and O–H groups in total. The highest BCUT2D eigenvalue weighted by Crippen LogP contribution is 2.27. The minimum Gasteiger partial charge on any atom is -0.305 e. The minimum atomic E-state index is -4.62. The van der Waals surface area contributed by atoms with Crippen LogP contribution in [-0.4, -0.2) is 16.7 Å². The highest BCUT2D eigenvalue weighted by molar-refractivity contribution is 5.82. The summed E-state index contributed by atoms with van der Waals surface area (Å²) in [5.41, 5.74) is 0.796. The molecule has 0 aliphatic rings. The molecule has 0 aliphatic carbocycles. The summed E-state index contributed by atoms with van der Waals surface area (Å²) in [6, 6.07) is 6.61. The van der Waals surface area contributed by atoms with Crippen molar-refractivity contribution >= 4 is 12.1 Å². The maximum atomic E-state index is 12.7. The molecule has 1 amide bonds. The first kappa shape index (κ1) is 17.4. The molecular weight excluding hydrogens is 330 g/mol. The molecule has 0 saturated carbocycles. The first-order valence-corrected chi connectivity index (χ1v) is 6.61. The smallest absolute Gasteiger partial charge is 0.305 e. The molecule has 0 saturated heterocycles. The number of rotatable bonds is 4. The number of halogens is 4. The maximum absolute atomic E-state index is 12.7. The molecule has 1 aromatic heterocycles. The van der Waals surface area contributed by atoms with Gasteiger partial charge in [-0.2, -0.15) is 18.3 Å². The maximum Gasteiger partial charge on any atom is 0.417 e.